The Bertz CT molecular complexity index is 318. The average Bonchev–Trinajstić information content (AvgIpc) is 2.35. The highest BCUT2D eigenvalue weighted by Gasteiger charge is 2.08. The second-order valence-corrected chi connectivity index (χ2v) is 4.72. The van der Waals surface area contributed by atoms with Crippen LogP contribution >= 0.6 is 0 Å². The molecule has 0 amide bonds. The van der Waals surface area contributed by atoms with Gasteiger partial charge in [-0.25, -0.2) is 0 Å². The lowest BCUT2D eigenvalue weighted by molar-refractivity contribution is 0.480. The van der Waals surface area contributed by atoms with E-state index in [1.54, 1.807) is 0 Å². The van der Waals surface area contributed by atoms with Gasteiger partial charge in [0.25, 0.3) is 0 Å². The van der Waals surface area contributed by atoms with Gasteiger partial charge in [-0.15, -0.1) is 0 Å². The Hall–Kier alpha value is -1.02. The van der Waals surface area contributed by atoms with Crippen LogP contribution in [-0.2, 0) is 0 Å². The number of benzene rings is 1. The summed E-state index contributed by atoms with van der Waals surface area (Å²) in [5.41, 5.74) is 8.41. The molecule has 0 heterocycles. The minimum Gasteiger partial charge on any atom is -0.372 e. The SMILES string of the molecule is CCC(CN)CCN(CC)c1cccc(C)c1. The first-order valence-corrected chi connectivity index (χ1v) is 6.72. The second-order valence-electron chi connectivity index (χ2n) is 4.72. The van der Waals surface area contributed by atoms with Gasteiger partial charge in [-0.3, -0.25) is 0 Å². The first kappa shape index (κ1) is 14.0. The van der Waals surface area contributed by atoms with Crippen LogP contribution in [0.1, 0.15) is 32.3 Å². The van der Waals surface area contributed by atoms with Crippen molar-refractivity contribution in [3.63, 3.8) is 0 Å². The van der Waals surface area contributed by atoms with Crippen LogP contribution in [-0.4, -0.2) is 19.6 Å². The molecule has 0 aromatic heterocycles. The molecule has 0 aliphatic heterocycles. The molecule has 0 radical (unpaired) electrons. The number of hydrogen-bond acceptors (Lipinski definition) is 2. The molecule has 1 aromatic rings. The maximum absolute atomic E-state index is 5.76. The van der Waals surface area contributed by atoms with E-state index in [9.17, 15) is 0 Å². The highest BCUT2D eigenvalue weighted by atomic mass is 15.1. The van der Waals surface area contributed by atoms with Gasteiger partial charge in [0.05, 0.1) is 0 Å². The summed E-state index contributed by atoms with van der Waals surface area (Å²) in [7, 11) is 0. The van der Waals surface area contributed by atoms with Gasteiger partial charge in [0.1, 0.15) is 0 Å². The smallest absolute Gasteiger partial charge is 0.0368 e. The van der Waals surface area contributed by atoms with Crippen LogP contribution in [0.3, 0.4) is 0 Å². The van der Waals surface area contributed by atoms with Crippen LogP contribution in [0.15, 0.2) is 24.3 Å². The van der Waals surface area contributed by atoms with Gasteiger partial charge in [0, 0.05) is 18.8 Å². The molecule has 2 nitrogen and oxygen atoms in total. The predicted octanol–water partition coefficient (Wildman–Crippen LogP) is 3.20. The van der Waals surface area contributed by atoms with Gasteiger partial charge in [0.15, 0.2) is 0 Å². The third-order valence-electron chi connectivity index (χ3n) is 3.47. The van der Waals surface area contributed by atoms with Crippen LogP contribution in [0.2, 0.25) is 0 Å². The summed E-state index contributed by atoms with van der Waals surface area (Å²) in [5, 5.41) is 0. The van der Waals surface area contributed by atoms with E-state index in [-0.39, 0.29) is 0 Å². The number of rotatable bonds is 7. The van der Waals surface area contributed by atoms with Crippen molar-refractivity contribution >= 4 is 5.69 Å². The fraction of sp³-hybridized carbons (Fsp3) is 0.600. The van der Waals surface area contributed by atoms with Crippen LogP contribution in [0, 0.1) is 12.8 Å². The van der Waals surface area contributed by atoms with Crippen molar-refractivity contribution < 1.29 is 0 Å². The Labute approximate surface area is 106 Å². The van der Waals surface area contributed by atoms with Crippen molar-refractivity contribution in [2.24, 2.45) is 11.7 Å². The van der Waals surface area contributed by atoms with Crippen molar-refractivity contribution in [1.82, 2.24) is 0 Å². The zero-order valence-electron chi connectivity index (χ0n) is 11.4. The number of aryl methyl sites for hydroxylation is 1. The largest absolute Gasteiger partial charge is 0.372 e. The van der Waals surface area contributed by atoms with Crippen LogP contribution < -0.4 is 10.6 Å². The molecule has 0 saturated heterocycles. The van der Waals surface area contributed by atoms with E-state index in [1.165, 1.54) is 24.1 Å². The molecule has 0 aliphatic carbocycles. The maximum Gasteiger partial charge on any atom is 0.0368 e. The molecule has 0 fully saturated rings. The van der Waals surface area contributed by atoms with Gasteiger partial charge in [-0.1, -0.05) is 25.5 Å². The third kappa shape index (κ3) is 4.39. The van der Waals surface area contributed by atoms with E-state index < -0.39 is 0 Å². The average molecular weight is 234 g/mol. The molecule has 1 atom stereocenters. The summed E-state index contributed by atoms with van der Waals surface area (Å²) < 4.78 is 0. The molecule has 1 rings (SSSR count). The van der Waals surface area contributed by atoms with E-state index in [0.29, 0.717) is 5.92 Å². The lowest BCUT2D eigenvalue weighted by atomic mass is 10.0. The molecular formula is C15H26N2. The predicted molar refractivity (Wildman–Crippen MR) is 76.5 cm³/mol. The normalized spacial score (nSPS) is 12.5. The van der Waals surface area contributed by atoms with E-state index in [4.69, 9.17) is 5.73 Å². The first-order chi connectivity index (χ1) is 8.21. The van der Waals surface area contributed by atoms with Gasteiger partial charge >= 0.3 is 0 Å². The molecule has 0 spiro atoms. The molecule has 1 unspecified atom stereocenters. The quantitative estimate of drug-likeness (QED) is 0.785. The number of nitrogens with zero attached hydrogens (tertiary/aromatic N) is 1. The molecule has 0 aliphatic rings. The third-order valence-corrected chi connectivity index (χ3v) is 3.47. The molecule has 2 heteroatoms. The molecule has 1 aromatic carbocycles. The Kier molecular flexibility index (Phi) is 6.06. The molecule has 96 valence electrons. The molecule has 0 saturated carbocycles. The highest BCUT2D eigenvalue weighted by Crippen LogP contribution is 2.17. The fourth-order valence-electron chi connectivity index (χ4n) is 2.12. The highest BCUT2D eigenvalue weighted by molar-refractivity contribution is 5.48. The number of hydrogen-bond donors (Lipinski definition) is 1. The Morgan fingerprint density at radius 2 is 2.06 bits per heavy atom. The van der Waals surface area contributed by atoms with Crippen LogP contribution in [0.4, 0.5) is 5.69 Å². The lowest BCUT2D eigenvalue weighted by Crippen LogP contribution is -2.27. The summed E-state index contributed by atoms with van der Waals surface area (Å²) in [6.07, 6.45) is 2.37. The Balaban J connectivity index is 2.59. The summed E-state index contributed by atoms with van der Waals surface area (Å²) in [4.78, 5) is 2.44. The zero-order chi connectivity index (χ0) is 12.7. The van der Waals surface area contributed by atoms with Crippen molar-refractivity contribution in [3.8, 4) is 0 Å². The van der Waals surface area contributed by atoms with Gasteiger partial charge in [-0.05, 0) is 50.4 Å². The molecule has 0 bridgehead atoms. The van der Waals surface area contributed by atoms with E-state index in [0.717, 1.165) is 19.6 Å². The van der Waals surface area contributed by atoms with Gasteiger partial charge < -0.3 is 10.6 Å². The monoisotopic (exact) mass is 234 g/mol. The minimum absolute atomic E-state index is 0.661. The summed E-state index contributed by atoms with van der Waals surface area (Å²) >= 11 is 0. The van der Waals surface area contributed by atoms with Crippen LogP contribution in [0.5, 0.6) is 0 Å². The summed E-state index contributed by atoms with van der Waals surface area (Å²) in [6, 6.07) is 8.73. The van der Waals surface area contributed by atoms with Gasteiger partial charge in [-0.2, -0.15) is 0 Å². The maximum atomic E-state index is 5.76. The van der Waals surface area contributed by atoms with Crippen LogP contribution in [0.25, 0.3) is 0 Å². The Morgan fingerprint density at radius 3 is 2.59 bits per heavy atom. The zero-order valence-corrected chi connectivity index (χ0v) is 11.4. The summed E-state index contributed by atoms with van der Waals surface area (Å²) in [6.45, 7) is 9.56. The van der Waals surface area contributed by atoms with Crippen molar-refractivity contribution in [3.05, 3.63) is 29.8 Å². The second kappa shape index (κ2) is 7.33. The molecular weight excluding hydrogens is 208 g/mol. The van der Waals surface area contributed by atoms with E-state index in [1.807, 2.05) is 0 Å². The number of anilines is 1. The first-order valence-electron chi connectivity index (χ1n) is 6.72. The topological polar surface area (TPSA) is 29.3 Å². The molecule has 17 heavy (non-hydrogen) atoms. The lowest BCUT2D eigenvalue weighted by Gasteiger charge is -2.25. The molecule has 2 N–H and O–H groups in total. The standard InChI is InChI=1S/C15H26N2/c1-4-14(12-16)9-10-17(5-2)15-8-6-7-13(3)11-15/h6-8,11,14H,4-5,9-10,12,16H2,1-3H3. The van der Waals surface area contributed by atoms with Crippen molar-refractivity contribution in [1.29, 1.82) is 0 Å². The van der Waals surface area contributed by atoms with Crippen molar-refractivity contribution in [2.45, 2.75) is 33.6 Å². The fourth-order valence-corrected chi connectivity index (χ4v) is 2.12. The van der Waals surface area contributed by atoms with E-state index >= 15 is 0 Å². The number of nitrogens with two attached hydrogens (primary N) is 1. The summed E-state index contributed by atoms with van der Waals surface area (Å²) in [5.74, 6) is 0.661. The van der Waals surface area contributed by atoms with E-state index in [2.05, 4.69) is 49.9 Å². The Morgan fingerprint density at radius 1 is 1.29 bits per heavy atom. The minimum atomic E-state index is 0.661. The van der Waals surface area contributed by atoms with Gasteiger partial charge in [0.2, 0.25) is 0 Å². The van der Waals surface area contributed by atoms with Crippen molar-refractivity contribution in [2.75, 3.05) is 24.5 Å².